The van der Waals surface area contributed by atoms with Gasteiger partial charge in [-0.2, -0.15) is 4.31 Å². The standard InChI is InChI=1S/C21H25FN2O4S/c1-23(13-10-16-4-2-3-5-20(16)25)21(26)17-11-14-24(15-12-17)29(27,28)19-8-6-18(22)7-9-19/h2-9,17,25H,10-15H2,1H3. The molecule has 3 rings (SSSR count). The van der Waals surface area contributed by atoms with Crippen LogP contribution in [0.2, 0.25) is 0 Å². The van der Waals surface area contributed by atoms with E-state index in [4.69, 9.17) is 0 Å². The molecule has 0 atom stereocenters. The number of hydrogen-bond donors (Lipinski definition) is 1. The molecule has 0 saturated carbocycles. The summed E-state index contributed by atoms with van der Waals surface area (Å²) in [7, 11) is -1.96. The molecule has 1 heterocycles. The predicted octanol–water partition coefficient (Wildman–Crippen LogP) is 2.63. The van der Waals surface area contributed by atoms with E-state index in [0.29, 0.717) is 25.8 Å². The van der Waals surface area contributed by atoms with E-state index in [-0.39, 0.29) is 35.6 Å². The minimum Gasteiger partial charge on any atom is -0.508 e. The van der Waals surface area contributed by atoms with Crippen LogP contribution < -0.4 is 0 Å². The minimum atomic E-state index is -3.69. The highest BCUT2D eigenvalue weighted by atomic mass is 32.2. The first-order valence-electron chi connectivity index (χ1n) is 9.56. The second-order valence-electron chi connectivity index (χ2n) is 7.27. The van der Waals surface area contributed by atoms with E-state index in [9.17, 15) is 22.7 Å². The average Bonchev–Trinajstić information content (AvgIpc) is 2.73. The topological polar surface area (TPSA) is 77.9 Å². The monoisotopic (exact) mass is 420 g/mol. The number of carbonyl (C=O) groups excluding carboxylic acids is 1. The van der Waals surface area contributed by atoms with Crippen LogP contribution in [0.1, 0.15) is 18.4 Å². The summed E-state index contributed by atoms with van der Waals surface area (Å²) < 4.78 is 39.8. The van der Waals surface area contributed by atoms with Crippen LogP contribution in [-0.2, 0) is 21.2 Å². The first kappa shape index (κ1) is 21.3. The van der Waals surface area contributed by atoms with Crippen molar-refractivity contribution in [1.82, 2.24) is 9.21 Å². The van der Waals surface area contributed by atoms with Crippen molar-refractivity contribution in [2.24, 2.45) is 5.92 Å². The number of aromatic hydroxyl groups is 1. The molecule has 0 unspecified atom stereocenters. The van der Waals surface area contributed by atoms with E-state index >= 15 is 0 Å². The molecule has 1 amide bonds. The number of sulfonamides is 1. The second-order valence-corrected chi connectivity index (χ2v) is 9.21. The summed E-state index contributed by atoms with van der Waals surface area (Å²) in [4.78, 5) is 14.4. The summed E-state index contributed by atoms with van der Waals surface area (Å²) in [5.41, 5.74) is 0.785. The molecule has 0 spiro atoms. The number of piperidine rings is 1. The van der Waals surface area contributed by atoms with E-state index in [2.05, 4.69) is 0 Å². The lowest BCUT2D eigenvalue weighted by Gasteiger charge is -2.32. The maximum atomic E-state index is 13.1. The van der Waals surface area contributed by atoms with Crippen LogP contribution >= 0.6 is 0 Å². The quantitative estimate of drug-likeness (QED) is 0.779. The van der Waals surface area contributed by atoms with E-state index in [1.165, 1.54) is 16.4 Å². The van der Waals surface area contributed by atoms with Gasteiger partial charge in [-0.3, -0.25) is 4.79 Å². The lowest BCUT2D eigenvalue weighted by atomic mass is 9.96. The van der Waals surface area contributed by atoms with E-state index < -0.39 is 15.8 Å². The van der Waals surface area contributed by atoms with Crippen LogP contribution in [0, 0.1) is 11.7 Å². The number of likely N-dealkylation sites (N-methyl/N-ethyl adjacent to an activating group) is 1. The van der Waals surface area contributed by atoms with Crippen molar-refractivity contribution >= 4 is 15.9 Å². The highest BCUT2D eigenvalue weighted by Crippen LogP contribution is 2.25. The minimum absolute atomic E-state index is 0.0146. The van der Waals surface area contributed by atoms with Gasteiger partial charge in [-0.15, -0.1) is 0 Å². The van der Waals surface area contributed by atoms with Gasteiger partial charge in [0, 0.05) is 32.6 Å². The fourth-order valence-corrected chi connectivity index (χ4v) is 5.00. The summed E-state index contributed by atoms with van der Waals surface area (Å²) >= 11 is 0. The number of para-hydroxylation sites is 1. The van der Waals surface area contributed by atoms with Crippen LogP contribution in [0.4, 0.5) is 4.39 Å². The van der Waals surface area contributed by atoms with Gasteiger partial charge in [0.05, 0.1) is 4.90 Å². The van der Waals surface area contributed by atoms with Crippen molar-refractivity contribution in [2.45, 2.75) is 24.2 Å². The molecule has 6 nitrogen and oxygen atoms in total. The van der Waals surface area contributed by atoms with Crippen LogP contribution in [0.5, 0.6) is 5.75 Å². The Hall–Kier alpha value is -2.45. The Bertz CT molecular complexity index is 955. The Morgan fingerprint density at radius 2 is 1.76 bits per heavy atom. The zero-order chi connectivity index (χ0) is 21.0. The Kier molecular flexibility index (Phi) is 6.54. The van der Waals surface area contributed by atoms with Gasteiger partial charge in [-0.1, -0.05) is 18.2 Å². The van der Waals surface area contributed by atoms with Crippen molar-refractivity contribution in [3.8, 4) is 5.75 Å². The molecule has 8 heteroatoms. The number of phenolic OH excluding ortho intramolecular Hbond substituents is 1. The van der Waals surface area contributed by atoms with Crippen molar-refractivity contribution in [3.63, 3.8) is 0 Å². The van der Waals surface area contributed by atoms with E-state index in [1.807, 2.05) is 12.1 Å². The fraction of sp³-hybridized carbons (Fsp3) is 0.381. The van der Waals surface area contributed by atoms with Gasteiger partial charge in [-0.25, -0.2) is 12.8 Å². The highest BCUT2D eigenvalue weighted by Gasteiger charge is 2.33. The van der Waals surface area contributed by atoms with E-state index in [0.717, 1.165) is 17.7 Å². The third-order valence-corrected chi connectivity index (χ3v) is 7.25. The maximum absolute atomic E-state index is 13.1. The third kappa shape index (κ3) is 4.94. The number of amides is 1. The van der Waals surface area contributed by atoms with Gasteiger partial charge < -0.3 is 10.0 Å². The SMILES string of the molecule is CN(CCc1ccccc1O)C(=O)C1CCN(S(=O)(=O)c2ccc(F)cc2)CC1. The highest BCUT2D eigenvalue weighted by molar-refractivity contribution is 7.89. The molecular formula is C21H25FN2O4S. The molecule has 2 aromatic carbocycles. The number of halogens is 1. The van der Waals surface area contributed by atoms with E-state index in [1.54, 1.807) is 24.1 Å². The first-order valence-corrected chi connectivity index (χ1v) is 11.0. The first-order chi connectivity index (χ1) is 13.8. The lowest BCUT2D eigenvalue weighted by molar-refractivity contribution is -0.135. The van der Waals surface area contributed by atoms with Crippen LogP contribution in [0.3, 0.4) is 0 Å². The second kappa shape index (κ2) is 8.92. The average molecular weight is 421 g/mol. The fourth-order valence-electron chi connectivity index (χ4n) is 3.53. The lowest BCUT2D eigenvalue weighted by Crippen LogP contribution is -2.43. The molecule has 1 aliphatic heterocycles. The normalized spacial score (nSPS) is 15.9. The maximum Gasteiger partial charge on any atom is 0.243 e. The Balaban J connectivity index is 1.55. The summed E-state index contributed by atoms with van der Waals surface area (Å²) in [6.07, 6.45) is 1.44. The summed E-state index contributed by atoms with van der Waals surface area (Å²) in [6.45, 7) is 0.983. The van der Waals surface area contributed by atoms with Gasteiger partial charge in [0.15, 0.2) is 0 Å². The smallest absolute Gasteiger partial charge is 0.243 e. The molecule has 2 aromatic rings. The van der Waals surface area contributed by atoms with Crippen LogP contribution in [-0.4, -0.2) is 55.3 Å². The zero-order valence-electron chi connectivity index (χ0n) is 16.3. The van der Waals surface area contributed by atoms with Crippen LogP contribution in [0.25, 0.3) is 0 Å². The summed E-state index contributed by atoms with van der Waals surface area (Å²) in [5.74, 6) is -0.518. The molecule has 156 valence electrons. The van der Waals surface area contributed by atoms with Gasteiger partial charge in [0.25, 0.3) is 0 Å². The number of rotatable bonds is 6. The van der Waals surface area contributed by atoms with Gasteiger partial charge in [0.1, 0.15) is 11.6 Å². The molecule has 1 N–H and O–H groups in total. The van der Waals surface area contributed by atoms with Crippen molar-refractivity contribution < 1.29 is 22.7 Å². The number of benzene rings is 2. The summed E-state index contributed by atoms with van der Waals surface area (Å²) in [5, 5.41) is 9.84. The molecule has 0 bridgehead atoms. The zero-order valence-corrected chi connectivity index (χ0v) is 17.1. The van der Waals surface area contributed by atoms with Crippen LogP contribution in [0.15, 0.2) is 53.4 Å². The molecule has 1 aliphatic rings. The van der Waals surface area contributed by atoms with Gasteiger partial charge in [0.2, 0.25) is 15.9 Å². The number of hydrogen-bond acceptors (Lipinski definition) is 4. The number of carbonyl (C=O) groups is 1. The molecule has 0 radical (unpaired) electrons. The third-order valence-electron chi connectivity index (χ3n) is 5.34. The molecule has 0 aromatic heterocycles. The number of nitrogens with zero attached hydrogens (tertiary/aromatic N) is 2. The molecule has 1 fully saturated rings. The number of phenols is 1. The Labute approximate surface area is 170 Å². The largest absolute Gasteiger partial charge is 0.508 e. The van der Waals surface area contributed by atoms with Gasteiger partial charge >= 0.3 is 0 Å². The van der Waals surface area contributed by atoms with Crippen molar-refractivity contribution in [3.05, 3.63) is 59.9 Å². The van der Waals surface area contributed by atoms with Crippen molar-refractivity contribution in [1.29, 1.82) is 0 Å². The van der Waals surface area contributed by atoms with Crippen molar-refractivity contribution in [2.75, 3.05) is 26.7 Å². The molecule has 1 saturated heterocycles. The molecular weight excluding hydrogens is 395 g/mol. The Morgan fingerprint density at radius 1 is 1.14 bits per heavy atom. The van der Waals surface area contributed by atoms with Gasteiger partial charge in [-0.05, 0) is 55.2 Å². The molecule has 29 heavy (non-hydrogen) atoms. The summed E-state index contributed by atoms with van der Waals surface area (Å²) in [6, 6.07) is 11.8. The Morgan fingerprint density at radius 3 is 2.38 bits per heavy atom. The predicted molar refractivity (Wildman–Crippen MR) is 107 cm³/mol. The molecule has 0 aliphatic carbocycles.